The predicted octanol–water partition coefficient (Wildman–Crippen LogP) is 5.49. The van der Waals surface area contributed by atoms with E-state index >= 15 is 0 Å². The van der Waals surface area contributed by atoms with Gasteiger partial charge in [0.05, 0.1) is 13.7 Å². The van der Waals surface area contributed by atoms with Crippen molar-refractivity contribution in [2.24, 2.45) is 0 Å². The van der Waals surface area contributed by atoms with Crippen LogP contribution < -0.4 is 4.74 Å². The molecule has 0 bridgehead atoms. The lowest BCUT2D eigenvalue weighted by atomic mass is 10.0. The minimum atomic E-state index is 0.703. The highest BCUT2D eigenvalue weighted by Crippen LogP contribution is 2.27. The van der Waals surface area contributed by atoms with E-state index in [-0.39, 0.29) is 0 Å². The SMILES string of the molecule is C=C(CCCCCOCc1ccccc1)c1ccccc1OC. The molecule has 0 saturated carbocycles. The van der Waals surface area contributed by atoms with Gasteiger partial charge in [-0.05, 0) is 36.5 Å². The van der Waals surface area contributed by atoms with E-state index in [1.807, 2.05) is 36.4 Å². The van der Waals surface area contributed by atoms with Crippen molar-refractivity contribution in [3.63, 3.8) is 0 Å². The molecule has 0 unspecified atom stereocenters. The van der Waals surface area contributed by atoms with Gasteiger partial charge in [-0.3, -0.25) is 0 Å². The Morgan fingerprint density at radius 2 is 1.65 bits per heavy atom. The summed E-state index contributed by atoms with van der Waals surface area (Å²) in [6, 6.07) is 18.4. The number of benzene rings is 2. The van der Waals surface area contributed by atoms with Crippen LogP contribution in [0.5, 0.6) is 5.75 Å². The van der Waals surface area contributed by atoms with E-state index in [1.165, 1.54) is 5.56 Å². The first-order chi connectivity index (χ1) is 11.3. The van der Waals surface area contributed by atoms with Crippen molar-refractivity contribution >= 4 is 5.57 Å². The van der Waals surface area contributed by atoms with E-state index < -0.39 is 0 Å². The molecule has 0 aromatic heterocycles. The fourth-order valence-electron chi connectivity index (χ4n) is 2.55. The first-order valence-corrected chi connectivity index (χ1v) is 8.24. The Bertz CT molecular complexity index is 590. The summed E-state index contributed by atoms with van der Waals surface area (Å²) >= 11 is 0. The molecule has 2 heteroatoms. The molecular weight excluding hydrogens is 284 g/mol. The number of hydrogen-bond donors (Lipinski definition) is 0. The summed E-state index contributed by atoms with van der Waals surface area (Å²) in [6.45, 7) is 5.71. The van der Waals surface area contributed by atoms with E-state index in [4.69, 9.17) is 9.47 Å². The largest absolute Gasteiger partial charge is 0.496 e. The molecule has 2 aromatic rings. The van der Waals surface area contributed by atoms with Crippen molar-refractivity contribution in [1.29, 1.82) is 0 Å². The van der Waals surface area contributed by atoms with Gasteiger partial charge in [-0.2, -0.15) is 0 Å². The zero-order chi connectivity index (χ0) is 16.3. The standard InChI is InChI=1S/C21H26O2/c1-18(20-14-8-9-15-21(20)22-2)11-5-4-10-16-23-17-19-12-6-3-7-13-19/h3,6-9,12-15H,1,4-5,10-11,16-17H2,2H3. The molecule has 0 aliphatic rings. The molecule has 23 heavy (non-hydrogen) atoms. The third-order valence-electron chi connectivity index (χ3n) is 3.87. The number of hydrogen-bond acceptors (Lipinski definition) is 2. The molecule has 0 aliphatic heterocycles. The van der Waals surface area contributed by atoms with Crippen LogP contribution in [0.15, 0.2) is 61.2 Å². The minimum Gasteiger partial charge on any atom is -0.496 e. The minimum absolute atomic E-state index is 0.703. The van der Waals surface area contributed by atoms with Gasteiger partial charge in [0.1, 0.15) is 5.75 Å². The fourth-order valence-corrected chi connectivity index (χ4v) is 2.55. The molecule has 0 saturated heterocycles. The second-order valence-corrected chi connectivity index (χ2v) is 5.65. The maximum atomic E-state index is 5.71. The first kappa shape index (κ1) is 17.3. The summed E-state index contributed by atoms with van der Waals surface area (Å²) in [5.41, 5.74) is 3.50. The first-order valence-electron chi connectivity index (χ1n) is 8.24. The summed E-state index contributed by atoms with van der Waals surface area (Å²) in [5.74, 6) is 0.906. The number of unbranched alkanes of at least 4 members (excludes halogenated alkanes) is 2. The lowest BCUT2D eigenvalue weighted by Gasteiger charge is -2.11. The van der Waals surface area contributed by atoms with Gasteiger partial charge < -0.3 is 9.47 Å². The molecular formula is C21H26O2. The summed E-state index contributed by atoms with van der Waals surface area (Å²) in [5, 5.41) is 0. The summed E-state index contributed by atoms with van der Waals surface area (Å²) in [6.07, 6.45) is 4.37. The summed E-state index contributed by atoms with van der Waals surface area (Å²) in [4.78, 5) is 0. The highest BCUT2D eigenvalue weighted by Gasteiger charge is 2.05. The molecule has 0 radical (unpaired) electrons. The highest BCUT2D eigenvalue weighted by molar-refractivity contribution is 5.68. The van der Waals surface area contributed by atoms with Crippen molar-refractivity contribution in [3.8, 4) is 5.75 Å². The van der Waals surface area contributed by atoms with Crippen LogP contribution in [0.1, 0.15) is 36.8 Å². The zero-order valence-corrected chi connectivity index (χ0v) is 14.0. The normalized spacial score (nSPS) is 10.5. The van der Waals surface area contributed by atoms with Gasteiger partial charge in [-0.1, -0.05) is 61.5 Å². The molecule has 122 valence electrons. The van der Waals surface area contributed by atoms with Crippen LogP contribution in [-0.2, 0) is 11.3 Å². The maximum Gasteiger partial charge on any atom is 0.126 e. The topological polar surface area (TPSA) is 18.5 Å². The van der Waals surface area contributed by atoms with Crippen molar-refractivity contribution in [2.75, 3.05) is 13.7 Å². The molecule has 2 nitrogen and oxygen atoms in total. The quantitative estimate of drug-likeness (QED) is 0.541. The third kappa shape index (κ3) is 5.91. The Kier molecular flexibility index (Phi) is 7.41. The third-order valence-corrected chi connectivity index (χ3v) is 3.87. The predicted molar refractivity (Wildman–Crippen MR) is 96.6 cm³/mol. The van der Waals surface area contributed by atoms with E-state index in [1.54, 1.807) is 7.11 Å². The highest BCUT2D eigenvalue weighted by atomic mass is 16.5. The average molecular weight is 310 g/mol. The number of allylic oxidation sites excluding steroid dienone is 1. The van der Waals surface area contributed by atoms with E-state index in [9.17, 15) is 0 Å². The molecule has 0 fully saturated rings. The van der Waals surface area contributed by atoms with Gasteiger partial charge in [-0.25, -0.2) is 0 Å². The second kappa shape index (κ2) is 9.86. The van der Waals surface area contributed by atoms with Gasteiger partial charge in [0.15, 0.2) is 0 Å². The number of rotatable bonds is 10. The molecule has 0 aliphatic carbocycles. The van der Waals surface area contributed by atoms with Gasteiger partial charge in [0, 0.05) is 12.2 Å². The van der Waals surface area contributed by atoms with E-state index in [2.05, 4.69) is 24.8 Å². The Hall–Kier alpha value is -2.06. The molecule has 0 amide bonds. The second-order valence-electron chi connectivity index (χ2n) is 5.65. The van der Waals surface area contributed by atoms with Crippen LogP contribution in [0, 0.1) is 0 Å². The number of para-hydroxylation sites is 1. The van der Waals surface area contributed by atoms with Crippen molar-refractivity contribution in [1.82, 2.24) is 0 Å². The van der Waals surface area contributed by atoms with Crippen molar-refractivity contribution in [2.45, 2.75) is 32.3 Å². The average Bonchev–Trinajstić information content (AvgIpc) is 2.61. The molecule has 0 heterocycles. The summed E-state index contributed by atoms with van der Waals surface area (Å²) in [7, 11) is 1.70. The van der Waals surface area contributed by atoms with Crippen LogP contribution in [0.4, 0.5) is 0 Å². The zero-order valence-electron chi connectivity index (χ0n) is 14.0. The Morgan fingerprint density at radius 1 is 0.913 bits per heavy atom. The van der Waals surface area contributed by atoms with Gasteiger partial charge in [0.25, 0.3) is 0 Å². The monoisotopic (exact) mass is 310 g/mol. The maximum absolute atomic E-state index is 5.71. The molecule has 0 atom stereocenters. The van der Waals surface area contributed by atoms with Crippen molar-refractivity contribution in [3.05, 3.63) is 72.3 Å². The van der Waals surface area contributed by atoms with E-state index in [0.717, 1.165) is 49.2 Å². The van der Waals surface area contributed by atoms with Gasteiger partial charge in [0.2, 0.25) is 0 Å². The van der Waals surface area contributed by atoms with Crippen LogP contribution in [-0.4, -0.2) is 13.7 Å². The molecule has 0 spiro atoms. The Balaban J connectivity index is 1.59. The molecule has 2 rings (SSSR count). The summed E-state index contributed by atoms with van der Waals surface area (Å²) < 4.78 is 11.1. The fraction of sp³-hybridized carbons (Fsp3) is 0.333. The number of ether oxygens (including phenoxy) is 2. The molecule has 2 aromatic carbocycles. The molecule has 0 N–H and O–H groups in total. The van der Waals surface area contributed by atoms with Crippen LogP contribution in [0.3, 0.4) is 0 Å². The van der Waals surface area contributed by atoms with Crippen LogP contribution >= 0.6 is 0 Å². The lowest BCUT2D eigenvalue weighted by molar-refractivity contribution is 0.117. The van der Waals surface area contributed by atoms with Crippen LogP contribution in [0.2, 0.25) is 0 Å². The Labute approximate surface area is 139 Å². The van der Waals surface area contributed by atoms with Crippen molar-refractivity contribution < 1.29 is 9.47 Å². The lowest BCUT2D eigenvalue weighted by Crippen LogP contribution is -1.96. The van der Waals surface area contributed by atoms with E-state index in [0.29, 0.717) is 6.61 Å². The van der Waals surface area contributed by atoms with Crippen LogP contribution in [0.25, 0.3) is 5.57 Å². The number of methoxy groups -OCH3 is 1. The smallest absolute Gasteiger partial charge is 0.126 e. The Morgan fingerprint density at radius 3 is 2.43 bits per heavy atom. The van der Waals surface area contributed by atoms with Gasteiger partial charge in [-0.15, -0.1) is 0 Å². The van der Waals surface area contributed by atoms with Gasteiger partial charge >= 0.3 is 0 Å².